The lowest BCUT2D eigenvalue weighted by molar-refractivity contribution is -0.114. The number of hydrogen-bond donors (Lipinski definition) is 3. The highest BCUT2D eigenvalue weighted by molar-refractivity contribution is 9.10. The van der Waals surface area contributed by atoms with Gasteiger partial charge in [0.15, 0.2) is 0 Å². The molecule has 4 N–H and O–H groups in total. The van der Waals surface area contributed by atoms with Crippen LogP contribution in [0.2, 0.25) is 0 Å². The van der Waals surface area contributed by atoms with Crippen LogP contribution in [0.1, 0.15) is 31.7 Å². The molecule has 0 bridgehead atoms. The first-order valence-electron chi connectivity index (χ1n) is 5.52. The Morgan fingerprint density at radius 3 is 2.65 bits per heavy atom. The maximum absolute atomic E-state index is 11.2. The first-order valence-corrected chi connectivity index (χ1v) is 6.32. The number of carbonyl (C=O) groups excluding carboxylic acids is 1. The van der Waals surface area contributed by atoms with Crippen molar-refractivity contribution in [3.63, 3.8) is 0 Å². The summed E-state index contributed by atoms with van der Waals surface area (Å²) in [6, 6.07) is 3.30. The second kappa shape index (κ2) is 4.31. The van der Waals surface area contributed by atoms with Gasteiger partial charge in [-0.1, -0.05) is 15.9 Å². The summed E-state index contributed by atoms with van der Waals surface area (Å²) in [4.78, 5) is 11.2. The summed E-state index contributed by atoms with van der Waals surface area (Å²) in [7, 11) is 0. The molecule has 92 valence electrons. The van der Waals surface area contributed by atoms with Crippen LogP contribution in [0.3, 0.4) is 0 Å². The lowest BCUT2D eigenvalue weighted by Crippen LogP contribution is -2.44. The van der Waals surface area contributed by atoms with Crippen LogP contribution < -0.4 is 11.1 Å². The van der Waals surface area contributed by atoms with Crippen molar-refractivity contribution in [3.8, 4) is 5.75 Å². The molecule has 0 radical (unpaired) electrons. The molecule has 1 amide bonds. The van der Waals surface area contributed by atoms with E-state index >= 15 is 0 Å². The number of phenols is 1. The minimum atomic E-state index is -0.449. The maximum atomic E-state index is 11.2. The Bertz CT molecular complexity index is 470. The van der Waals surface area contributed by atoms with E-state index < -0.39 is 5.54 Å². The normalized spacial score (nSPS) is 17.4. The third-order valence-corrected chi connectivity index (χ3v) is 3.84. The first-order chi connectivity index (χ1) is 7.94. The number of nitrogens with one attached hydrogen (secondary N) is 1. The van der Waals surface area contributed by atoms with Gasteiger partial charge in [-0.2, -0.15) is 0 Å². The standard InChI is InChI=1S/C12H15BrN2O2/c1-7(16)15-11-9(17)4-3-8(13)10(11)12(14)5-2-6-12/h3-4,17H,2,5-6,14H2,1H3,(H,15,16). The Labute approximate surface area is 108 Å². The zero-order valence-corrected chi connectivity index (χ0v) is 11.2. The SMILES string of the molecule is CC(=O)Nc1c(O)ccc(Br)c1C1(N)CCC1. The number of anilines is 1. The van der Waals surface area contributed by atoms with E-state index in [0.717, 1.165) is 29.3 Å². The van der Waals surface area contributed by atoms with Gasteiger partial charge in [0.05, 0.1) is 5.69 Å². The molecule has 0 unspecified atom stereocenters. The van der Waals surface area contributed by atoms with Crippen LogP contribution in [-0.2, 0) is 10.3 Å². The van der Waals surface area contributed by atoms with Crippen LogP contribution >= 0.6 is 15.9 Å². The zero-order valence-electron chi connectivity index (χ0n) is 9.59. The minimum absolute atomic E-state index is 0.0510. The Hall–Kier alpha value is -1.07. The van der Waals surface area contributed by atoms with E-state index in [1.54, 1.807) is 12.1 Å². The van der Waals surface area contributed by atoms with E-state index in [4.69, 9.17) is 5.73 Å². The largest absolute Gasteiger partial charge is 0.506 e. The lowest BCUT2D eigenvalue weighted by atomic mass is 9.72. The predicted octanol–water partition coefficient (Wildman–Crippen LogP) is 2.45. The molecule has 1 aromatic rings. The zero-order chi connectivity index (χ0) is 12.6. The molecule has 5 heteroatoms. The van der Waals surface area contributed by atoms with E-state index in [1.807, 2.05) is 0 Å². The fraction of sp³-hybridized carbons (Fsp3) is 0.417. The summed E-state index contributed by atoms with van der Waals surface area (Å²) in [6.07, 6.45) is 2.79. The summed E-state index contributed by atoms with van der Waals surface area (Å²) < 4.78 is 0.821. The van der Waals surface area contributed by atoms with Crippen molar-refractivity contribution in [2.75, 3.05) is 5.32 Å². The molecule has 1 aliphatic rings. The van der Waals surface area contributed by atoms with Gasteiger partial charge < -0.3 is 16.2 Å². The first kappa shape index (κ1) is 12.4. The summed E-state index contributed by atoms with van der Waals surface area (Å²) in [5.74, 6) is -0.169. The quantitative estimate of drug-likeness (QED) is 0.734. The molecule has 0 saturated heterocycles. The molecule has 0 aromatic heterocycles. The number of aromatic hydroxyl groups is 1. The summed E-state index contributed by atoms with van der Waals surface area (Å²) >= 11 is 3.44. The molecule has 1 saturated carbocycles. The summed E-state index contributed by atoms with van der Waals surface area (Å²) in [6.45, 7) is 1.41. The van der Waals surface area contributed by atoms with Crippen molar-refractivity contribution >= 4 is 27.5 Å². The van der Waals surface area contributed by atoms with Crippen molar-refractivity contribution in [1.29, 1.82) is 0 Å². The number of rotatable bonds is 2. The van der Waals surface area contributed by atoms with Crippen molar-refractivity contribution in [3.05, 3.63) is 22.2 Å². The van der Waals surface area contributed by atoms with E-state index in [1.165, 1.54) is 6.92 Å². The minimum Gasteiger partial charge on any atom is -0.506 e. The molecule has 4 nitrogen and oxygen atoms in total. The Morgan fingerprint density at radius 1 is 1.53 bits per heavy atom. The third-order valence-electron chi connectivity index (χ3n) is 3.18. The highest BCUT2D eigenvalue weighted by atomic mass is 79.9. The molecule has 1 aromatic carbocycles. The molecule has 1 aliphatic carbocycles. The van der Waals surface area contributed by atoms with Gasteiger partial charge >= 0.3 is 0 Å². The third kappa shape index (κ3) is 2.17. The molecule has 0 heterocycles. The van der Waals surface area contributed by atoms with E-state index in [2.05, 4.69) is 21.2 Å². The second-order valence-corrected chi connectivity index (χ2v) is 5.36. The number of halogens is 1. The van der Waals surface area contributed by atoms with Gasteiger partial charge in [-0.15, -0.1) is 0 Å². The summed E-state index contributed by atoms with van der Waals surface area (Å²) in [5, 5.41) is 12.5. The van der Waals surface area contributed by atoms with Gasteiger partial charge in [-0.05, 0) is 31.4 Å². The highest BCUT2D eigenvalue weighted by Gasteiger charge is 2.38. The van der Waals surface area contributed by atoms with Gasteiger partial charge in [0.2, 0.25) is 5.91 Å². The monoisotopic (exact) mass is 298 g/mol. The van der Waals surface area contributed by atoms with E-state index in [-0.39, 0.29) is 11.7 Å². The lowest BCUT2D eigenvalue weighted by Gasteiger charge is -2.40. The summed E-state index contributed by atoms with van der Waals surface area (Å²) in [5.41, 5.74) is 7.04. The fourth-order valence-corrected chi connectivity index (χ4v) is 2.89. The Balaban J connectivity index is 2.54. The fourth-order valence-electron chi connectivity index (χ4n) is 2.16. The average Bonchev–Trinajstić information content (AvgIpc) is 2.20. The van der Waals surface area contributed by atoms with Gasteiger partial charge in [0.25, 0.3) is 0 Å². The number of hydrogen-bond acceptors (Lipinski definition) is 3. The van der Waals surface area contributed by atoms with E-state index in [0.29, 0.717) is 5.69 Å². The average molecular weight is 299 g/mol. The number of benzene rings is 1. The van der Waals surface area contributed by atoms with Crippen molar-refractivity contribution in [2.24, 2.45) is 5.73 Å². The number of nitrogens with two attached hydrogens (primary N) is 1. The van der Waals surface area contributed by atoms with Crippen molar-refractivity contribution in [1.82, 2.24) is 0 Å². The van der Waals surface area contributed by atoms with Gasteiger partial charge in [-0.25, -0.2) is 0 Å². The van der Waals surface area contributed by atoms with Crippen LogP contribution in [0.25, 0.3) is 0 Å². The second-order valence-electron chi connectivity index (χ2n) is 4.51. The molecule has 0 aliphatic heterocycles. The molecule has 0 atom stereocenters. The smallest absolute Gasteiger partial charge is 0.221 e. The molecule has 17 heavy (non-hydrogen) atoms. The van der Waals surface area contributed by atoms with Gasteiger partial charge in [0.1, 0.15) is 5.75 Å². The van der Waals surface area contributed by atoms with Gasteiger partial charge in [0, 0.05) is 22.5 Å². The van der Waals surface area contributed by atoms with Crippen LogP contribution in [0.4, 0.5) is 5.69 Å². The van der Waals surface area contributed by atoms with E-state index in [9.17, 15) is 9.90 Å². The molecule has 0 spiro atoms. The maximum Gasteiger partial charge on any atom is 0.221 e. The molecular formula is C12H15BrN2O2. The van der Waals surface area contributed by atoms with Gasteiger partial charge in [-0.3, -0.25) is 4.79 Å². The van der Waals surface area contributed by atoms with Crippen molar-refractivity contribution in [2.45, 2.75) is 31.7 Å². The molecular weight excluding hydrogens is 284 g/mol. The number of carbonyl (C=O) groups is 1. The van der Waals surface area contributed by atoms with Crippen LogP contribution in [0.5, 0.6) is 5.75 Å². The molecule has 2 rings (SSSR count). The number of phenolic OH excluding ortho intramolecular Hbond substituents is 1. The molecule has 1 fully saturated rings. The Kier molecular flexibility index (Phi) is 3.14. The Morgan fingerprint density at radius 2 is 2.18 bits per heavy atom. The predicted molar refractivity (Wildman–Crippen MR) is 69.8 cm³/mol. The van der Waals surface area contributed by atoms with Crippen LogP contribution in [0, 0.1) is 0 Å². The highest BCUT2D eigenvalue weighted by Crippen LogP contribution is 2.47. The van der Waals surface area contributed by atoms with Crippen LogP contribution in [0.15, 0.2) is 16.6 Å². The topological polar surface area (TPSA) is 75.3 Å². The number of amides is 1. The van der Waals surface area contributed by atoms with Crippen molar-refractivity contribution < 1.29 is 9.90 Å². The van der Waals surface area contributed by atoms with Crippen LogP contribution in [-0.4, -0.2) is 11.0 Å².